The molecule has 0 radical (unpaired) electrons. The number of aryl methyl sites for hydroxylation is 2. The molecule has 7 aromatic rings. The van der Waals surface area contributed by atoms with Gasteiger partial charge in [0.15, 0.2) is 0 Å². The van der Waals surface area contributed by atoms with Crippen molar-refractivity contribution in [1.29, 1.82) is 0 Å². The van der Waals surface area contributed by atoms with E-state index in [-0.39, 0.29) is 22.3 Å². The number of carbonyl (C=O) groups excluding carboxylic acids is 2. The number of benzene rings is 6. The monoisotopic (exact) mass is 704 g/mol. The van der Waals surface area contributed by atoms with Crippen LogP contribution in [0.2, 0.25) is 0 Å². The molecule has 0 aliphatic carbocycles. The van der Waals surface area contributed by atoms with Crippen molar-refractivity contribution in [3.63, 3.8) is 0 Å². The van der Waals surface area contributed by atoms with E-state index in [1.807, 2.05) is 0 Å². The minimum atomic E-state index is -4.63. The van der Waals surface area contributed by atoms with Crippen LogP contribution in [0.15, 0.2) is 121 Å². The lowest BCUT2D eigenvalue weighted by Crippen LogP contribution is -2.29. The molecule has 0 unspecified atom stereocenters. The molecule has 1 aliphatic rings. The summed E-state index contributed by atoms with van der Waals surface area (Å²) in [5.74, 6) is -1.08. The van der Waals surface area contributed by atoms with Gasteiger partial charge < -0.3 is 4.57 Å². The van der Waals surface area contributed by atoms with Crippen molar-refractivity contribution in [1.82, 2.24) is 4.57 Å². The second kappa shape index (κ2) is 11.7. The smallest absolute Gasteiger partial charge is 0.308 e. The fraction of sp³-hybridized carbons (Fsp3) is 0.0952. The lowest BCUT2D eigenvalue weighted by Gasteiger charge is -2.15. The van der Waals surface area contributed by atoms with Gasteiger partial charge in [-0.3, -0.25) is 9.59 Å². The first kappa shape index (κ1) is 33.0. The van der Waals surface area contributed by atoms with E-state index < -0.39 is 35.3 Å². The maximum absolute atomic E-state index is 14.2. The molecule has 0 N–H and O–H groups in total. The third-order valence-corrected chi connectivity index (χ3v) is 9.40. The fourth-order valence-electron chi connectivity index (χ4n) is 7.32. The molecule has 4 nitrogen and oxygen atoms in total. The molecule has 10 heteroatoms. The largest absolute Gasteiger partial charge is 0.416 e. The summed E-state index contributed by atoms with van der Waals surface area (Å²) < 4.78 is 86.4. The number of nitrogens with zero attached hydrogens (tertiary/aromatic N) is 2. The first-order valence-electron chi connectivity index (χ1n) is 16.2. The molecule has 6 aromatic carbocycles. The van der Waals surface area contributed by atoms with Crippen LogP contribution in [0.25, 0.3) is 49.7 Å². The van der Waals surface area contributed by atoms with E-state index in [9.17, 15) is 35.9 Å². The van der Waals surface area contributed by atoms with Crippen molar-refractivity contribution in [2.24, 2.45) is 0 Å². The van der Waals surface area contributed by atoms with Gasteiger partial charge in [0.1, 0.15) is 0 Å². The standard InChI is InChI=1S/C42H26F6N2O2/c1-23-17-25(21-27(19-23)41(43,44)45)30-11-6-14-33-36(30)37-31(26-18-24(2)20-28(22-26)42(46,47)48)12-7-15-34(37)50(33)35-16-8-13-32-38(35)40(52)49(39(32)51)29-9-4-3-5-10-29/h3-22H,1-2H3. The minimum absolute atomic E-state index is 0.121. The van der Waals surface area contributed by atoms with Gasteiger partial charge in [-0.2, -0.15) is 26.3 Å². The number of hydrogen-bond acceptors (Lipinski definition) is 2. The van der Waals surface area contributed by atoms with E-state index in [0.717, 1.165) is 29.2 Å². The Kier molecular flexibility index (Phi) is 7.42. The van der Waals surface area contributed by atoms with Crippen LogP contribution in [0, 0.1) is 13.8 Å². The van der Waals surface area contributed by atoms with Crippen LogP contribution in [-0.4, -0.2) is 16.4 Å². The van der Waals surface area contributed by atoms with Gasteiger partial charge in [-0.15, -0.1) is 0 Å². The lowest BCUT2D eigenvalue weighted by atomic mass is 9.92. The summed E-state index contributed by atoms with van der Waals surface area (Å²) in [6.07, 6.45) is -9.27. The first-order chi connectivity index (χ1) is 24.7. The van der Waals surface area contributed by atoms with Crippen LogP contribution >= 0.6 is 0 Å². The molecule has 0 fully saturated rings. The number of para-hydroxylation sites is 1. The Hall–Kier alpha value is -6.16. The van der Waals surface area contributed by atoms with Crippen molar-refractivity contribution in [3.05, 3.63) is 155 Å². The zero-order valence-electron chi connectivity index (χ0n) is 27.5. The number of anilines is 1. The predicted octanol–water partition coefficient (Wildman–Crippen LogP) is 11.6. The van der Waals surface area contributed by atoms with Crippen LogP contribution in [0.5, 0.6) is 0 Å². The molecule has 1 aromatic heterocycles. The molecule has 2 heterocycles. The highest BCUT2D eigenvalue weighted by Gasteiger charge is 2.40. The number of alkyl halides is 6. The second-order valence-corrected chi connectivity index (χ2v) is 12.9. The third-order valence-electron chi connectivity index (χ3n) is 9.40. The molecule has 2 amide bonds. The van der Waals surface area contributed by atoms with Crippen molar-refractivity contribution >= 4 is 39.3 Å². The van der Waals surface area contributed by atoms with E-state index in [4.69, 9.17) is 0 Å². The van der Waals surface area contributed by atoms with E-state index in [2.05, 4.69) is 0 Å². The molecule has 8 rings (SSSR count). The maximum Gasteiger partial charge on any atom is 0.416 e. The summed E-state index contributed by atoms with van der Waals surface area (Å²) >= 11 is 0. The Labute approximate surface area is 293 Å². The van der Waals surface area contributed by atoms with Gasteiger partial charge in [-0.25, -0.2) is 4.90 Å². The molecule has 0 saturated carbocycles. The van der Waals surface area contributed by atoms with Crippen LogP contribution in [0.4, 0.5) is 32.0 Å². The number of imide groups is 1. The Balaban J connectivity index is 1.49. The highest BCUT2D eigenvalue weighted by molar-refractivity contribution is 6.36. The van der Waals surface area contributed by atoms with Crippen molar-refractivity contribution in [2.75, 3.05) is 4.90 Å². The normalized spacial score (nSPS) is 13.4. The highest BCUT2D eigenvalue weighted by Crippen LogP contribution is 2.46. The topological polar surface area (TPSA) is 42.3 Å². The van der Waals surface area contributed by atoms with E-state index >= 15 is 0 Å². The molecule has 0 saturated heterocycles. The Bertz CT molecular complexity index is 2500. The summed E-state index contributed by atoms with van der Waals surface area (Å²) in [7, 11) is 0. The van der Waals surface area contributed by atoms with Crippen LogP contribution in [-0.2, 0) is 12.4 Å². The van der Waals surface area contributed by atoms with Gasteiger partial charge in [-0.05, 0) is 108 Å². The van der Waals surface area contributed by atoms with Crippen molar-refractivity contribution in [2.45, 2.75) is 26.2 Å². The maximum atomic E-state index is 14.2. The van der Waals surface area contributed by atoms with Crippen molar-refractivity contribution in [3.8, 4) is 27.9 Å². The van der Waals surface area contributed by atoms with Gasteiger partial charge in [0.2, 0.25) is 0 Å². The summed E-state index contributed by atoms with van der Waals surface area (Å²) in [6.45, 7) is 3.13. The number of halogens is 6. The van der Waals surface area contributed by atoms with Crippen molar-refractivity contribution < 1.29 is 35.9 Å². The van der Waals surface area contributed by atoms with Gasteiger partial charge in [0.05, 0.1) is 44.7 Å². The van der Waals surface area contributed by atoms with Gasteiger partial charge >= 0.3 is 12.4 Å². The van der Waals surface area contributed by atoms with E-state index in [1.54, 1.807) is 115 Å². The van der Waals surface area contributed by atoms with Crippen LogP contribution in [0.3, 0.4) is 0 Å². The molecule has 0 atom stereocenters. The molecular weight excluding hydrogens is 678 g/mol. The second-order valence-electron chi connectivity index (χ2n) is 12.9. The number of rotatable bonds is 4. The number of fused-ring (bicyclic) bond motifs is 4. The Morgan fingerprint density at radius 3 is 1.48 bits per heavy atom. The van der Waals surface area contributed by atoms with Crippen LogP contribution in [0.1, 0.15) is 43.0 Å². The zero-order valence-corrected chi connectivity index (χ0v) is 27.5. The van der Waals surface area contributed by atoms with E-state index in [0.29, 0.717) is 55.4 Å². The number of carbonyl (C=O) groups is 2. The zero-order chi connectivity index (χ0) is 36.7. The summed E-state index contributed by atoms with van der Waals surface area (Å²) in [5, 5.41) is 0.937. The Morgan fingerprint density at radius 1 is 0.500 bits per heavy atom. The minimum Gasteiger partial charge on any atom is -0.308 e. The van der Waals surface area contributed by atoms with Gasteiger partial charge in [-0.1, -0.05) is 60.7 Å². The summed E-state index contributed by atoms with van der Waals surface area (Å²) in [6, 6.07) is 31.1. The fourth-order valence-corrected chi connectivity index (χ4v) is 7.32. The molecule has 52 heavy (non-hydrogen) atoms. The average Bonchev–Trinajstić information content (AvgIpc) is 3.58. The molecule has 0 bridgehead atoms. The number of aromatic nitrogens is 1. The predicted molar refractivity (Wildman–Crippen MR) is 189 cm³/mol. The first-order valence-corrected chi connectivity index (χ1v) is 16.2. The molecule has 0 spiro atoms. The number of amides is 2. The number of hydrogen-bond donors (Lipinski definition) is 0. The summed E-state index contributed by atoms with van der Waals surface area (Å²) in [4.78, 5) is 29.0. The summed E-state index contributed by atoms with van der Waals surface area (Å²) in [5.41, 5.74) is 2.33. The van der Waals surface area contributed by atoms with Crippen LogP contribution < -0.4 is 4.90 Å². The van der Waals surface area contributed by atoms with Gasteiger partial charge in [0, 0.05) is 10.8 Å². The lowest BCUT2D eigenvalue weighted by molar-refractivity contribution is -0.138. The quantitative estimate of drug-likeness (QED) is 0.135. The molecular formula is C42H26F6N2O2. The molecule has 1 aliphatic heterocycles. The Morgan fingerprint density at radius 2 is 0.981 bits per heavy atom. The van der Waals surface area contributed by atoms with E-state index in [1.165, 1.54) is 0 Å². The highest BCUT2D eigenvalue weighted by atomic mass is 19.4. The SMILES string of the molecule is Cc1cc(-c2cccc3c2c2c(-c4cc(C)cc(C(F)(F)F)c4)cccc2n3-c2cccc3c2C(=O)N(c2ccccc2)C3=O)cc(C(F)(F)F)c1. The third kappa shape index (κ3) is 5.25. The molecule has 258 valence electrons. The van der Waals surface area contributed by atoms with Gasteiger partial charge in [0.25, 0.3) is 11.8 Å². The average molecular weight is 705 g/mol.